The molecule has 3 heterocycles. The summed E-state index contributed by atoms with van der Waals surface area (Å²) in [5, 5.41) is 4.83. The fourth-order valence-electron chi connectivity index (χ4n) is 3.06. The van der Waals surface area contributed by atoms with E-state index in [9.17, 15) is 9.59 Å². The molecule has 0 aliphatic carbocycles. The highest BCUT2D eigenvalue weighted by molar-refractivity contribution is 5.97. The number of hydrogen-bond donors (Lipinski definition) is 0. The molecule has 2 aromatic heterocycles. The minimum Gasteiger partial charge on any atom is -0.339 e. The number of amides is 2. The number of carbonyl (C=O) groups excluding carboxylic acids is 2. The zero-order chi connectivity index (χ0) is 18.1. The highest BCUT2D eigenvalue weighted by Gasteiger charge is 2.26. The van der Waals surface area contributed by atoms with Gasteiger partial charge in [-0.1, -0.05) is 32.9 Å². The largest absolute Gasteiger partial charge is 0.339 e. The average molecular weight is 344 g/mol. The Kier molecular flexibility index (Phi) is 4.74. The van der Waals surface area contributed by atoms with Gasteiger partial charge in [-0.3, -0.25) is 9.59 Å². The molecule has 25 heavy (non-hydrogen) atoms. The number of carbonyl (C=O) groups is 2. The molecule has 0 atom stereocenters. The summed E-state index contributed by atoms with van der Waals surface area (Å²) in [7, 11) is 0. The molecule has 1 fully saturated rings. The summed E-state index contributed by atoms with van der Waals surface area (Å²) in [5.74, 6) is 0.249. The first-order valence-electron chi connectivity index (χ1n) is 8.72. The van der Waals surface area contributed by atoms with Gasteiger partial charge in [-0.2, -0.15) is 0 Å². The Labute approximate surface area is 147 Å². The van der Waals surface area contributed by atoms with Crippen LogP contribution in [0.4, 0.5) is 0 Å². The predicted octanol–water partition coefficient (Wildman–Crippen LogP) is 2.29. The van der Waals surface area contributed by atoms with Crippen molar-refractivity contribution in [2.75, 3.05) is 26.2 Å². The Hall–Kier alpha value is -2.44. The Balaban J connectivity index is 1.75. The maximum atomic E-state index is 12.8. The van der Waals surface area contributed by atoms with E-state index in [2.05, 4.69) is 10.1 Å². The van der Waals surface area contributed by atoms with E-state index in [1.165, 1.54) is 6.20 Å². The van der Waals surface area contributed by atoms with Gasteiger partial charge in [0.2, 0.25) is 5.91 Å². The standard InChI is InChI=1S/C18H24N4O3/c1-11(2)15-14-9-13(10-19-16(14)25-20-15)18(24)22-7-5-21(6-8-22)17(23)12(3)4/h9-12H,5-8H2,1-4H3. The van der Waals surface area contributed by atoms with Gasteiger partial charge in [-0.15, -0.1) is 0 Å². The first-order valence-corrected chi connectivity index (χ1v) is 8.72. The number of pyridine rings is 1. The van der Waals surface area contributed by atoms with Crippen LogP contribution in [0.25, 0.3) is 11.1 Å². The summed E-state index contributed by atoms with van der Waals surface area (Å²) in [6.45, 7) is 10.1. The Morgan fingerprint density at radius 2 is 1.72 bits per heavy atom. The van der Waals surface area contributed by atoms with Crippen molar-refractivity contribution < 1.29 is 14.1 Å². The van der Waals surface area contributed by atoms with Crippen molar-refractivity contribution in [3.05, 3.63) is 23.5 Å². The van der Waals surface area contributed by atoms with Crippen LogP contribution in [0.3, 0.4) is 0 Å². The first-order chi connectivity index (χ1) is 11.9. The summed E-state index contributed by atoms with van der Waals surface area (Å²) >= 11 is 0. The van der Waals surface area contributed by atoms with Crippen LogP contribution in [0.2, 0.25) is 0 Å². The third-order valence-electron chi connectivity index (χ3n) is 4.52. The molecule has 0 N–H and O–H groups in total. The molecule has 7 heteroatoms. The van der Waals surface area contributed by atoms with Gasteiger partial charge in [0.25, 0.3) is 11.6 Å². The highest BCUT2D eigenvalue weighted by Crippen LogP contribution is 2.24. The minimum absolute atomic E-state index is 0.0168. The maximum absolute atomic E-state index is 12.8. The van der Waals surface area contributed by atoms with E-state index in [4.69, 9.17) is 4.52 Å². The number of nitrogens with zero attached hydrogens (tertiary/aromatic N) is 4. The summed E-state index contributed by atoms with van der Waals surface area (Å²) in [6, 6.07) is 1.81. The summed E-state index contributed by atoms with van der Waals surface area (Å²) < 4.78 is 5.22. The molecular weight excluding hydrogens is 320 g/mol. The molecule has 0 spiro atoms. The van der Waals surface area contributed by atoms with Gasteiger partial charge < -0.3 is 14.3 Å². The van der Waals surface area contributed by atoms with Crippen molar-refractivity contribution in [3.8, 4) is 0 Å². The van der Waals surface area contributed by atoms with Crippen LogP contribution in [0.1, 0.15) is 49.7 Å². The smallest absolute Gasteiger partial charge is 0.257 e. The van der Waals surface area contributed by atoms with Crippen molar-refractivity contribution in [3.63, 3.8) is 0 Å². The van der Waals surface area contributed by atoms with E-state index in [0.717, 1.165) is 11.1 Å². The van der Waals surface area contributed by atoms with E-state index >= 15 is 0 Å². The summed E-state index contributed by atoms with van der Waals surface area (Å²) in [4.78, 5) is 32.7. The third kappa shape index (κ3) is 3.36. The molecule has 7 nitrogen and oxygen atoms in total. The first kappa shape index (κ1) is 17.4. The highest BCUT2D eigenvalue weighted by atomic mass is 16.5. The summed E-state index contributed by atoms with van der Waals surface area (Å²) in [5.41, 5.74) is 1.79. The predicted molar refractivity (Wildman–Crippen MR) is 93.2 cm³/mol. The van der Waals surface area contributed by atoms with E-state index in [0.29, 0.717) is 37.5 Å². The molecular formula is C18H24N4O3. The summed E-state index contributed by atoms with van der Waals surface area (Å²) in [6.07, 6.45) is 1.53. The lowest BCUT2D eigenvalue weighted by molar-refractivity contribution is -0.135. The van der Waals surface area contributed by atoms with Gasteiger partial charge in [0.1, 0.15) is 0 Å². The third-order valence-corrected chi connectivity index (χ3v) is 4.52. The second-order valence-electron chi connectivity index (χ2n) is 7.07. The Morgan fingerprint density at radius 1 is 1.08 bits per heavy atom. The van der Waals surface area contributed by atoms with Gasteiger partial charge in [-0.05, 0) is 12.0 Å². The zero-order valence-electron chi connectivity index (χ0n) is 15.2. The van der Waals surface area contributed by atoms with Crippen LogP contribution < -0.4 is 0 Å². The number of rotatable bonds is 3. The van der Waals surface area contributed by atoms with E-state index < -0.39 is 0 Å². The number of fused-ring (bicyclic) bond motifs is 1. The molecule has 0 saturated carbocycles. The molecule has 0 aromatic carbocycles. The van der Waals surface area contributed by atoms with Crippen molar-refractivity contribution in [2.24, 2.45) is 5.92 Å². The lowest BCUT2D eigenvalue weighted by atomic mass is 10.1. The molecule has 1 aliphatic rings. The van der Waals surface area contributed by atoms with Gasteiger partial charge in [0.15, 0.2) is 0 Å². The van der Waals surface area contributed by atoms with Gasteiger partial charge in [0, 0.05) is 38.3 Å². The van der Waals surface area contributed by atoms with E-state index in [1.807, 2.05) is 38.7 Å². The monoisotopic (exact) mass is 344 g/mol. The van der Waals surface area contributed by atoms with Crippen LogP contribution in [0.15, 0.2) is 16.8 Å². The molecule has 1 saturated heterocycles. The van der Waals surface area contributed by atoms with Gasteiger partial charge >= 0.3 is 0 Å². The molecule has 0 bridgehead atoms. The van der Waals surface area contributed by atoms with Crippen molar-refractivity contribution >= 4 is 22.9 Å². The van der Waals surface area contributed by atoms with Crippen LogP contribution in [-0.2, 0) is 4.79 Å². The molecule has 2 aromatic rings. The number of hydrogen-bond acceptors (Lipinski definition) is 5. The van der Waals surface area contributed by atoms with Crippen LogP contribution in [-0.4, -0.2) is 57.9 Å². The molecule has 0 radical (unpaired) electrons. The molecule has 0 unspecified atom stereocenters. The SMILES string of the molecule is CC(C)C(=O)N1CCN(C(=O)c2cnc3onc(C(C)C)c3c2)CC1. The lowest BCUT2D eigenvalue weighted by Crippen LogP contribution is -2.51. The van der Waals surface area contributed by atoms with Gasteiger partial charge in [-0.25, -0.2) is 4.98 Å². The van der Waals surface area contributed by atoms with Crippen molar-refractivity contribution in [1.29, 1.82) is 0 Å². The Bertz CT molecular complexity index is 789. The normalized spacial score (nSPS) is 15.4. The fraction of sp³-hybridized carbons (Fsp3) is 0.556. The van der Waals surface area contributed by atoms with Crippen molar-refractivity contribution in [2.45, 2.75) is 33.6 Å². The van der Waals surface area contributed by atoms with Crippen LogP contribution in [0, 0.1) is 5.92 Å². The van der Waals surface area contributed by atoms with Gasteiger partial charge in [0.05, 0.1) is 16.6 Å². The van der Waals surface area contributed by atoms with E-state index in [-0.39, 0.29) is 23.7 Å². The molecule has 134 valence electrons. The molecule has 3 rings (SSSR count). The molecule has 1 aliphatic heterocycles. The number of aromatic nitrogens is 2. The van der Waals surface area contributed by atoms with Crippen LogP contribution >= 0.6 is 0 Å². The fourth-order valence-corrected chi connectivity index (χ4v) is 3.06. The zero-order valence-corrected chi connectivity index (χ0v) is 15.2. The van der Waals surface area contributed by atoms with E-state index in [1.54, 1.807) is 4.90 Å². The minimum atomic E-state index is -0.0676. The maximum Gasteiger partial charge on any atom is 0.257 e. The number of piperazine rings is 1. The average Bonchev–Trinajstić information content (AvgIpc) is 3.03. The second-order valence-corrected chi connectivity index (χ2v) is 7.07. The lowest BCUT2D eigenvalue weighted by Gasteiger charge is -2.35. The van der Waals surface area contributed by atoms with Crippen LogP contribution in [0.5, 0.6) is 0 Å². The topological polar surface area (TPSA) is 79.5 Å². The molecule has 2 amide bonds. The quantitative estimate of drug-likeness (QED) is 0.853. The van der Waals surface area contributed by atoms with Crippen molar-refractivity contribution in [1.82, 2.24) is 19.9 Å². The Morgan fingerprint density at radius 3 is 2.32 bits per heavy atom. The second kappa shape index (κ2) is 6.82.